The van der Waals surface area contributed by atoms with E-state index in [2.05, 4.69) is 9.97 Å². The van der Waals surface area contributed by atoms with Gasteiger partial charge < -0.3 is 5.73 Å². The molecule has 0 unspecified atom stereocenters. The van der Waals surface area contributed by atoms with Gasteiger partial charge in [0.1, 0.15) is 0 Å². The third-order valence-corrected chi connectivity index (χ3v) is 3.65. The Balaban J connectivity index is 2.24. The van der Waals surface area contributed by atoms with Crippen molar-refractivity contribution < 1.29 is 8.78 Å². The van der Waals surface area contributed by atoms with E-state index in [0.29, 0.717) is 19.4 Å². The van der Waals surface area contributed by atoms with E-state index in [1.165, 1.54) is 0 Å². The Morgan fingerprint density at radius 3 is 2.29 bits per heavy atom. The van der Waals surface area contributed by atoms with Crippen LogP contribution in [-0.2, 0) is 5.41 Å². The number of halogens is 2. The second-order valence-corrected chi connectivity index (χ2v) is 4.88. The summed E-state index contributed by atoms with van der Waals surface area (Å²) in [5.41, 5.74) is 6.94. The van der Waals surface area contributed by atoms with E-state index in [9.17, 15) is 8.78 Å². The third kappa shape index (κ3) is 2.44. The van der Waals surface area contributed by atoms with Gasteiger partial charge in [0.05, 0.1) is 11.4 Å². The standard InChI is InChI=1S/C12H17F2N3/c1-9-6-17-10(7-16-9)11(8-15)2-4-12(13,14)5-3-11/h6-7H,2-5,8,15H2,1H3. The molecule has 0 aromatic carbocycles. The molecule has 3 nitrogen and oxygen atoms in total. The highest BCUT2D eigenvalue weighted by molar-refractivity contribution is 5.17. The summed E-state index contributed by atoms with van der Waals surface area (Å²) in [7, 11) is 0. The zero-order valence-corrected chi connectivity index (χ0v) is 9.92. The van der Waals surface area contributed by atoms with Crippen molar-refractivity contribution in [1.29, 1.82) is 0 Å². The Morgan fingerprint density at radius 2 is 1.82 bits per heavy atom. The first-order chi connectivity index (χ1) is 7.97. The lowest BCUT2D eigenvalue weighted by Crippen LogP contribution is -2.42. The third-order valence-electron chi connectivity index (χ3n) is 3.65. The number of nitrogens with two attached hydrogens (primary N) is 1. The van der Waals surface area contributed by atoms with Gasteiger partial charge in [0.2, 0.25) is 5.92 Å². The van der Waals surface area contributed by atoms with Gasteiger partial charge in [-0.05, 0) is 19.8 Å². The van der Waals surface area contributed by atoms with Crippen LogP contribution in [0.2, 0.25) is 0 Å². The maximum Gasteiger partial charge on any atom is 0.248 e. The molecule has 0 atom stereocenters. The topological polar surface area (TPSA) is 51.8 Å². The van der Waals surface area contributed by atoms with Crippen molar-refractivity contribution in [2.75, 3.05) is 6.54 Å². The average molecular weight is 241 g/mol. The molecule has 1 aromatic heterocycles. The molecule has 0 saturated heterocycles. The maximum absolute atomic E-state index is 13.2. The van der Waals surface area contributed by atoms with Crippen molar-refractivity contribution in [3.8, 4) is 0 Å². The Bertz CT molecular complexity index is 379. The zero-order chi connectivity index (χ0) is 12.5. The Labute approximate surface area is 99.5 Å². The molecule has 17 heavy (non-hydrogen) atoms. The molecule has 0 amide bonds. The Hall–Kier alpha value is -1.10. The van der Waals surface area contributed by atoms with Crippen LogP contribution in [0.3, 0.4) is 0 Å². The summed E-state index contributed by atoms with van der Waals surface area (Å²) in [4.78, 5) is 8.48. The lowest BCUT2D eigenvalue weighted by molar-refractivity contribution is -0.0514. The van der Waals surface area contributed by atoms with Crippen molar-refractivity contribution in [1.82, 2.24) is 9.97 Å². The van der Waals surface area contributed by atoms with Crippen LogP contribution < -0.4 is 5.73 Å². The van der Waals surface area contributed by atoms with E-state index >= 15 is 0 Å². The second-order valence-electron chi connectivity index (χ2n) is 4.88. The minimum absolute atomic E-state index is 0.111. The minimum atomic E-state index is -2.54. The quantitative estimate of drug-likeness (QED) is 0.863. The molecule has 0 radical (unpaired) electrons. The van der Waals surface area contributed by atoms with E-state index < -0.39 is 11.3 Å². The molecular weight excluding hydrogens is 224 g/mol. The summed E-state index contributed by atoms with van der Waals surface area (Å²) >= 11 is 0. The highest BCUT2D eigenvalue weighted by Gasteiger charge is 2.44. The second kappa shape index (κ2) is 4.29. The molecule has 2 N–H and O–H groups in total. The summed E-state index contributed by atoms with van der Waals surface area (Å²) in [6, 6.07) is 0. The van der Waals surface area contributed by atoms with Gasteiger partial charge in [-0.25, -0.2) is 8.78 Å². The maximum atomic E-state index is 13.2. The number of aromatic nitrogens is 2. The predicted octanol–water partition coefficient (Wildman–Crippen LogP) is 2.19. The molecular formula is C12H17F2N3. The van der Waals surface area contributed by atoms with Gasteiger partial charge in [-0.15, -0.1) is 0 Å². The van der Waals surface area contributed by atoms with Crippen LogP contribution in [0.5, 0.6) is 0 Å². The van der Waals surface area contributed by atoms with E-state index in [-0.39, 0.29) is 12.8 Å². The molecule has 2 rings (SSSR count). The molecule has 1 aromatic rings. The van der Waals surface area contributed by atoms with E-state index in [1.54, 1.807) is 12.4 Å². The molecule has 0 bridgehead atoms. The SMILES string of the molecule is Cc1cnc(C2(CN)CCC(F)(F)CC2)cn1. The van der Waals surface area contributed by atoms with E-state index in [0.717, 1.165) is 11.4 Å². The fourth-order valence-corrected chi connectivity index (χ4v) is 2.33. The molecule has 94 valence electrons. The average Bonchev–Trinajstić information content (AvgIpc) is 2.31. The van der Waals surface area contributed by atoms with Gasteiger partial charge in [-0.3, -0.25) is 9.97 Å². The summed E-state index contributed by atoms with van der Waals surface area (Å²) in [6.45, 7) is 2.20. The highest BCUT2D eigenvalue weighted by Crippen LogP contribution is 2.44. The van der Waals surface area contributed by atoms with Crippen molar-refractivity contribution in [2.24, 2.45) is 5.73 Å². The van der Waals surface area contributed by atoms with Gasteiger partial charge in [0, 0.05) is 37.2 Å². The van der Waals surface area contributed by atoms with Crippen LogP contribution in [0.4, 0.5) is 8.78 Å². The largest absolute Gasteiger partial charge is 0.330 e. The Morgan fingerprint density at radius 1 is 1.18 bits per heavy atom. The molecule has 0 aliphatic heterocycles. The first-order valence-electron chi connectivity index (χ1n) is 5.84. The molecule has 1 aliphatic carbocycles. The van der Waals surface area contributed by atoms with Gasteiger partial charge in [-0.2, -0.15) is 0 Å². The smallest absolute Gasteiger partial charge is 0.248 e. The fraction of sp³-hybridized carbons (Fsp3) is 0.667. The van der Waals surface area contributed by atoms with Gasteiger partial charge in [0.25, 0.3) is 0 Å². The number of aryl methyl sites for hydroxylation is 1. The number of alkyl halides is 2. The molecule has 0 spiro atoms. The summed E-state index contributed by atoms with van der Waals surface area (Å²) in [5, 5.41) is 0. The van der Waals surface area contributed by atoms with Crippen LogP contribution in [-0.4, -0.2) is 22.4 Å². The van der Waals surface area contributed by atoms with Gasteiger partial charge in [0.15, 0.2) is 0 Å². The van der Waals surface area contributed by atoms with Gasteiger partial charge >= 0.3 is 0 Å². The lowest BCUT2D eigenvalue weighted by atomic mass is 9.71. The number of rotatable bonds is 2. The lowest BCUT2D eigenvalue weighted by Gasteiger charge is -2.38. The van der Waals surface area contributed by atoms with Crippen LogP contribution in [0, 0.1) is 6.92 Å². The predicted molar refractivity (Wildman–Crippen MR) is 60.9 cm³/mol. The number of nitrogens with zero attached hydrogens (tertiary/aromatic N) is 2. The first-order valence-corrected chi connectivity index (χ1v) is 5.84. The summed E-state index contributed by atoms with van der Waals surface area (Å²) in [5.74, 6) is -2.54. The molecule has 1 heterocycles. The van der Waals surface area contributed by atoms with Crippen LogP contribution in [0.1, 0.15) is 37.1 Å². The van der Waals surface area contributed by atoms with Crippen molar-refractivity contribution >= 4 is 0 Å². The van der Waals surface area contributed by atoms with E-state index in [4.69, 9.17) is 5.73 Å². The number of hydrogen-bond donors (Lipinski definition) is 1. The zero-order valence-electron chi connectivity index (χ0n) is 9.92. The van der Waals surface area contributed by atoms with Crippen molar-refractivity contribution in [3.05, 3.63) is 23.8 Å². The molecule has 1 fully saturated rings. The summed E-state index contributed by atoms with van der Waals surface area (Å²) in [6.07, 6.45) is 3.88. The van der Waals surface area contributed by atoms with Crippen LogP contribution >= 0.6 is 0 Å². The molecule has 1 aliphatic rings. The van der Waals surface area contributed by atoms with Crippen molar-refractivity contribution in [2.45, 2.75) is 43.9 Å². The van der Waals surface area contributed by atoms with E-state index in [1.807, 2.05) is 6.92 Å². The molecule has 5 heteroatoms. The fourth-order valence-electron chi connectivity index (χ4n) is 2.33. The molecule has 1 saturated carbocycles. The monoisotopic (exact) mass is 241 g/mol. The summed E-state index contributed by atoms with van der Waals surface area (Å²) < 4.78 is 26.4. The normalized spacial score (nSPS) is 22.4. The van der Waals surface area contributed by atoms with Crippen LogP contribution in [0.25, 0.3) is 0 Å². The van der Waals surface area contributed by atoms with Crippen LogP contribution in [0.15, 0.2) is 12.4 Å². The van der Waals surface area contributed by atoms with Gasteiger partial charge in [-0.1, -0.05) is 0 Å². The minimum Gasteiger partial charge on any atom is -0.330 e. The van der Waals surface area contributed by atoms with Crippen molar-refractivity contribution in [3.63, 3.8) is 0 Å². The first kappa shape index (κ1) is 12.4. The number of hydrogen-bond acceptors (Lipinski definition) is 3. The highest BCUT2D eigenvalue weighted by atomic mass is 19.3. The Kier molecular flexibility index (Phi) is 3.12.